The Morgan fingerprint density at radius 2 is 1.73 bits per heavy atom. The number of hydrogen-bond donors (Lipinski definition) is 1. The molecule has 1 fully saturated rings. The van der Waals surface area contributed by atoms with E-state index in [-0.39, 0.29) is 22.8 Å². The van der Waals surface area contributed by atoms with Crippen LogP contribution in [0, 0.1) is 5.92 Å². The van der Waals surface area contributed by atoms with Crippen LogP contribution in [0.3, 0.4) is 0 Å². The summed E-state index contributed by atoms with van der Waals surface area (Å²) in [5.41, 5.74) is 0.995. The van der Waals surface area contributed by atoms with Crippen molar-refractivity contribution in [3.63, 3.8) is 0 Å². The fourth-order valence-electron chi connectivity index (χ4n) is 3.55. The number of ether oxygens (including phenoxy) is 1. The zero-order valence-electron chi connectivity index (χ0n) is 17.2. The molecule has 1 N–H and O–H groups in total. The molecule has 0 aromatic heterocycles. The lowest BCUT2D eigenvalue weighted by molar-refractivity contribution is -0.126. The first kappa shape index (κ1) is 22.6. The summed E-state index contributed by atoms with van der Waals surface area (Å²) in [6.45, 7) is 5.12. The summed E-state index contributed by atoms with van der Waals surface area (Å²) in [5, 5.41) is 3.54. The van der Waals surface area contributed by atoms with Gasteiger partial charge in [-0.15, -0.1) is 0 Å². The number of carbonyl (C=O) groups excluding carboxylic acids is 1. The molecule has 0 saturated carbocycles. The monoisotopic (exact) mass is 450 g/mol. The standard InChI is InChI=1S/C22H27ClN2O4S/c1-3-29-20-8-4-17(5-9-20)16(2)24-22(26)18-12-14-25(15-13-18)30(27,28)21-10-6-19(23)7-11-21/h4-11,16,18H,3,12-15H2,1-2H3,(H,24,26). The first-order valence-electron chi connectivity index (χ1n) is 10.1. The third kappa shape index (κ3) is 5.33. The van der Waals surface area contributed by atoms with Crippen molar-refractivity contribution in [2.24, 2.45) is 5.92 Å². The van der Waals surface area contributed by atoms with Gasteiger partial charge in [-0.2, -0.15) is 4.31 Å². The number of nitrogens with one attached hydrogen (secondary N) is 1. The molecule has 0 bridgehead atoms. The van der Waals surface area contributed by atoms with Crippen LogP contribution in [0.4, 0.5) is 0 Å². The van der Waals surface area contributed by atoms with E-state index in [1.54, 1.807) is 12.1 Å². The van der Waals surface area contributed by atoms with Gasteiger partial charge >= 0.3 is 0 Å². The fraction of sp³-hybridized carbons (Fsp3) is 0.409. The zero-order chi connectivity index (χ0) is 21.7. The van der Waals surface area contributed by atoms with Crippen LogP contribution in [0.15, 0.2) is 53.4 Å². The Hall–Kier alpha value is -2.09. The summed E-state index contributed by atoms with van der Waals surface area (Å²) < 4.78 is 32.5. The van der Waals surface area contributed by atoms with Crippen molar-refractivity contribution in [3.8, 4) is 5.75 Å². The van der Waals surface area contributed by atoms with Crippen LogP contribution in [-0.2, 0) is 14.8 Å². The SMILES string of the molecule is CCOc1ccc(C(C)NC(=O)C2CCN(S(=O)(=O)c3ccc(Cl)cc3)CC2)cc1. The normalized spacial score (nSPS) is 16.8. The van der Waals surface area contributed by atoms with Crippen molar-refractivity contribution in [2.75, 3.05) is 19.7 Å². The molecule has 6 nitrogen and oxygen atoms in total. The summed E-state index contributed by atoms with van der Waals surface area (Å²) in [7, 11) is -3.57. The Morgan fingerprint density at radius 1 is 1.13 bits per heavy atom. The van der Waals surface area contributed by atoms with Gasteiger partial charge in [-0.3, -0.25) is 4.79 Å². The summed E-state index contributed by atoms with van der Waals surface area (Å²) >= 11 is 5.85. The van der Waals surface area contributed by atoms with E-state index in [1.807, 2.05) is 38.1 Å². The van der Waals surface area contributed by atoms with Gasteiger partial charge in [0.1, 0.15) is 5.75 Å². The number of rotatable bonds is 7. The number of nitrogens with zero attached hydrogens (tertiary/aromatic N) is 1. The topological polar surface area (TPSA) is 75.7 Å². The van der Waals surface area contributed by atoms with Crippen LogP contribution in [0.2, 0.25) is 5.02 Å². The molecular weight excluding hydrogens is 424 g/mol. The predicted molar refractivity (Wildman–Crippen MR) is 117 cm³/mol. The molecule has 3 rings (SSSR count). The van der Waals surface area contributed by atoms with Crippen molar-refractivity contribution in [3.05, 3.63) is 59.1 Å². The Balaban J connectivity index is 1.55. The Labute approximate surface area is 183 Å². The second-order valence-electron chi connectivity index (χ2n) is 7.36. The molecule has 1 amide bonds. The van der Waals surface area contributed by atoms with E-state index in [1.165, 1.54) is 16.4 Å². The highest BCUT2D eigenvalue weighted by molar-refractivity contribution is 7.89. The maximum Gasteiger partial charge on any atom is 0.243 e. The van der Waals surface area contributed by atoms with Crippen molar-refractivity contribution < 1.29 is 17.9 Å². The lowest BCUT2D eigenvalue weighted by Crippen LogP contribution is -2.43. The molecule has 1 saturated heterocycles. The molecule has 2 aromatic carbocycles. The molecule has 8 heteroatoms. The quantitative estimate of drug-likeness (QED) is 0.691. The van der Waals surface area contributed by atoms with Gasteiger partial charge in [0.15, 0.2) is 0 Å². The average Bonchev–Trinajstić information content (AvgIpc) is 2.75. The van der Waals surface area contributed by atoms with Gasteiger partial charge in [0.2, 0.25) is 15.9 Å². The number of hydrogen-bond acceptors (Lipinski definition) is 4. The molecule has 2 aromatic rings. The maximum absolute atomic E-state index is 12.8. The van der Waals surface area contributed by atoms with Gasteiger partial charge < -0.3 is 10.1 Å². The third-order valence-electron chi connectivity index (χ3n) is 5.33. The van der Waals surface area contributed by atoms with Crippen molar-refractivity contribution >= 4 is 27.5 Å². The number of carbonyl (C=O) groups is 1. The molecule has 1 atom stereocenters. The van der Waals surface area contributed by atoms with Crippen LogP contribution in [0.1, 0.15) is 38.3 Å². The highest BCUT2D eigenvalue weighted by Crippen LogP contribution is 2.26. The second kappa shape index (κ2) is 9.81. The summed E-state index contributed by atoms with van der Waals surface area (Å²) in [4.78, 5) is 12.9. The van der Waals surface area contributed by atoms with Crippen LogP contribution >= 0.6 is 11.6 Å². The molecule has 1 aliphatic heterocycles. The van der Waals surface area contributed by atoms with E-state index < -0.39 is 10.0 Å². The van der Waals surface area contributed by atoms with Crippen LogP contribution < -0.4 is 10.1 Å². The Bertz CT molecular complexity index is 954. The smallest absolute Gasteiger partial charge is 0.243 e. The second-order valence-corrected chi connectivity index (χ2v) is 9.74. The number of halogens is 1. The number of sulfonamides is 1. The average molecular weight is 451 g/mol. The van der Waals surface area contributed by atoms with E-state index in [9.17, 15) is 13.2 Å². The Morgan fingerprint density at radius 3 is 2.30 bits per heavy atom. The van der Waals surface area contributed by atoms with Gasteiger partial charge in [0.25, 0.3) is 0 Å². The number of benzene rings is 2. The van der Waals surface area contributed by atoms with Crippen molar-refractivity contribution in [1.29, 1.82) is 0 Å². The fourth-order valence-corrected chi connectivity index (χ4v) is 5.14. The van der Waals surface area contributed by atoms with E-state index >= 15 is 0 Å². The van der Waals surface area contributed by atoms with E-state index in [0.717, 1.165) is 11.3 Å². The minimum atomic E-state index is -3.57. The maximum atomic E-state index is 12.8. The lowest BCUT2D eigenvalue weighted by atomic mass is 9.96. The van der Waals surface area contributed by atoms with Crippen LogP contribution in [0.25, 0.3) is 0 Å². The summed E-state index contributed by atoms with van der Waals surface area (Å²) in [6.07, 6.45) is 0.989. The number of amides is 1. The highest BCUT2D eigenvalue weighted by atomic mass is 35.5. The molecule has 0 spiro atoms. The van der Waals surface area contributed by atoms with E-state index in [2.05, 4.69) is 5.32 Å². The zero-order valence-corrected chi connectivity index (χ0v) is 18.7. The van der Waals surface area contributed by atoms with Gasteiger partial charge in [-0.05, 0) is 68.7 Å². The van der Waals surface area contributed by atoms with Crippen molar-refractivity contribution in [1.82, 2.24) is 9.62 Å². The molecule has 30 heavy (non-hydrogen) atoms. The van der Waals surface area contributed by atoms with Crippen molar-refractivity contribution in [2.45, 2.75) is 37.6 Å². The van der Waals surface area contributed by atoms with Gasteiger partial charge in [-0.25, -0.2) is 8.42 Å². The Kier molecular flexibility index (Phi) is 7.39. The minimum absolute atomic E-state index is 0.0417. The first-order chi connectivity index (χ1) is 14.3. The highest BCUT2D eigenvalue weighted by Gasteiger charge is 2.32. The van der Waals surface area contributed by atoms with Gasteiger partial charge in [-0.1, -0.05) is 23.7 Å². The third-order valence-corrected chi connectivity index (χ3v) is 7.49. The first-order valence-corrected chi connectivity index (χ1v) is 11.9. The van der Waals surface area contributed by atoms with Gasteiger partial charge in [0.05, 0.1) is 17.5 Å². The summed E-state index contributed by atoms with van der Waals surface area (Å²) in [6, 6.07) is 13.7. The summed E-state index contributed by atoms with van der Waals surface area (Å²) in [5.74, 6) is 0.556. The molecule has 1 unspecified atom stereocenters. The lowest BCUT2D eigenvalue weighted by Gasteiger charge is -2.31. The molecule has 0 aliphatic carbocycles. The van der Waals surface area contributed by atoms with E-state index in [4.69, 9.17) is 16.3 Å². The van der Waals surface area contributed by atoms with Crippen LogP contribution in [-0.4, -0.2) is 38.3 Å². The predicted octanol–water partition coefficient (Wildman–Crippen LogP) is 4.02. The molecule has 162 valence electrons. The largest absolute Gasteiger partial charge is 0.494 e. The van der Waals surface area contributed by atoms with Gasteiger partial charge in [0, 0.05) is 24.0 Å². The minimum Gasteiger partial charge on any atom is -0.494 e. The molecule has 0 radical (unpaired) electrons. The molecule has 1 heterocycles. The molecular formula is C22H27ClN2O4S. The molecule has 1 aliphatic rings. The number of piperidine rings is 1. The van der Waals surface area contributed by atoms with Crippen LogP contribution in [0.5, 0.6) is 5.75 Å². The van der Waals surface area contributed by atoms with E-state index in [0.29, 0.717) is 37.6 Å².